The van der Waals surface area contributed by atoms with E-state index in [0.29, 0.717) is 0 Å². The molecule has 0 aliphatic heterocycles. The summed E-state index contributed by atoms with van der Waals surface area (Å²) in [7, 11) is 0. The molecule has 0 amide bonds. The third kappa shape index (κ3) is 2.68. The molecule has 0 aliphatic rings. The average molecular weight is 313 g/mol. The fourth-order valence-corrected chi connectivity index (χ4v) is 3.64. The van der Waals surface area contributed by atoms with Crippen molar-refractivity contribution in [2.24, 2.45) is 0 Å². The lowest BCUT2D eigenvalue weighted by Gasteiger charge is -2.19. The summed E-state index contributed by atoms with van der Waals surface area (Å²) in [5, 5.41) is 1.99. The van der Waals surface area contributed by atoms with Crippen LogP contribution >= 0.6 is 11.3 Å². The van der Waals surface area contributed by atoms with Crippen molar-refractivity contribution in [3.63, 3.8) is 0 Å². The van der Waals surface area contributed by atoms with Gasteiger partial charge in [0.15, 0.2) is 0 Å². The van der Waals surface area contributed by atoms with Crippen LogP contribution in [0.15, 0.2) is 41.0 Å². The first kappa shape index (κ1) is 14.9. The maximum atomic E-state index is 12.8. The van der Waals surface area contributed by atoms with E-state index < -0.39 is 0 Å². The maximum absolute atomic E-state index is 12.8. The van der Waals surface area contributed by atoms with E-state index in [0.717, 1.165) is 40.6 Å². The number of hydrogen-bond donors (Lipinski definition) is 0. The molecule has 0 saturated heterocycles. The van der Waals surface area contributed by atoms with Crippen molar-refractivity contribution in [3.05, 3.63) is 57.7 Å². The second-order valence-electron chi connectivity index (χ2n) is 5.50. The quantitative estimate of drug-likeness (QED) is 0.717. The van der Waals surface area contributed by atoms with Gasteiger partial charge in [0, 0.05) is 12.4 Å². The molecular weight excluding hydrogens is 294 g/mol. The number of thiophene rings is 1. The van der Waals surface area contributed by atoms with Gasteiger partial charge in [-0.15, -0.1) is 11.3 Å². The lowest BCUT2D eigenvalue weighted by Crippen LogP contribution is -2.25. The van der Waals surface area contributed by atoms with Crippen LogP contribution in [0.5, 0.6) is 0 Å². The molecule has 114 valence electrons. The summed E-state index contributed by atoms with van der Waals surface area (Å²) in [6.07, 6.45) is 8.37. The second kappa shape index (κ2) is 6.40. The van der Waals surface area contributed by atoms with Gasteiger partial charge < -0.3 is 0 Å². The molecule has 0 bridgehead atoms. The summed E-state index contributed by atoms with van der Waals surface area (Å²) in [5.74, 6) is 0. The number of aryl methyl sites for hydroxylation is 1. The van der Waals surface area contributed by atoms with Crippen molar-refractivity contribution in [1.29, 1.82) is 0 Å². The lowest BCUT2D eigenvalue weighted by molar-refractivity contribution is 0.498. The van der Waals surface area contributed by atoms with Gasteiger partial charge in [-0.3, -0.25) is 14.3 Å². The Labute approximate surface area is 133 Å². The highest BCUT2D eigenvalue weighted by molar-refractivity contribution is 7.17. The summed E-state index contributed by atoms with van der Waals surface area (Å²) in [6, 6.07) is 3.95. The summed E-state index contributed by atoms with van der Waals surface area (Å²) < 4.78 is 2.51. The molecule has 0 fully saturated rings. The molecule has 4 nitrogen and oxygen atoms in total. The molecule has 3 aromatic rings. The number of fused-ring (bicyclic) bond motifs is 1. The Bertz CT molecular complexity index is 823. The molecule has 0 aliphatic carbocycles. The van der Waals surface area contributed by atoms with Crippen molar-refractivity contribution in [3.8, 4) is 0 Å². The minimum atomic E-state index is 0.000422. The first-order valence-corrected chi connectivity index (χ1v) is 8.45. The van der Waals surface area contributed by atoms with Crippen molar-refractivity contribution < 1.29 is 0 Å². The van der Waals surface area contributed by atoms with Crippen molar-refractivity contribution in [2.75, 3.05) is 0 Å². The van der Waals surface area contributed by atoms with E-state index in [1.807, 2.05) is 30.6 Å². The molecule has 0 unspecified atom stereocenters. The third-order valence-corrected chi connectivity index (χ3v) is 4.99. The van der Waals surface area contributed by atoms with Gasteiger partial charge in [-0.1, -0.05) is 25.8 Å². The molecule has 1 atom stereocenters. The van der Waals surface area contributed by atoms with Crippen LogP contribution in [0.4, 0.5) is 0 Å². The van der Waals surface area contributed by atoms with Crippen molar-refractivity contribution in [2.45, 2.75) is 39.2 Å². The zero-order valence-electron chi connectivity index (χ0n) is 12.8. The SMILES string of the molecule is CCCC[C@@H](c1cccnc1)n1cnc2c(C)csc2c1=O. The Morgan fingerprint density at radius 1 is 1.41 bits per heavy atom. The van der Waals surface area contributed by atoms with Gasteiger partial charge in [0.2, 0.25) is 0 Å². The normalized spacial score (nSPS) is 12.6. The van der Waals surface area contributed by atoms with Crippen LogP contribution in [0.25, 0.3) is 10.2 Å². The minimum absolute atomic E-state index is 0.000422. The predicted molar refractivity (Wildman–Crippen MR) is 90.5 cm³/mol. The fraction of sp³-hybridized carbons (Fsp3) is 0.353. The highest BCUT2D eigenvalue weighted by Crippen LogP contribution is 2.25. The van der Waals surface area contributed by atoms with Crippen molar-refractivity contribution >= 4 is 21.6 Å². The molecule has 3 rings (SSSR count). The smallest absolute Gasteiger partial charge is 0.271 e. The molecule has 0 N–H and O–H groups in total. The molecule has 0 spiro atoms. The molecule has 22 heavy (non-hydrogen) atoms. The number of nitrogens with zero attached hydrogens (tertiary/aromatic N) is 3. The molecule has 0 saturated carbocycles. The van der Waals surface area contributed by atoms with Gasteiger partial charge in [0.25, 0.3) is 5.56 Å². The first-order chi connectivity index (χ1) is 10.7. The maximum Gasteiger partial charge on any atom is 0.271 e. The number of aromatic nitrogens is 3. The van der Waals surface area contributed by atoms with Gasteiger partial charge >= 0.3 is 0 Å². The van der Waals surface area contributed by atoms with Crippen molar-refractivity contribution in [1.82, 2.24) is 14.5 Å². The van der Waals surface area contributed by atoms with Gasteiger partial charge in [-0.2, -0.15) is 0 Å². The average Bonchev–Trinajstić information content (AvgIpc) is 2.93. The number of pyridine rings is 1. The lowest BCUT2D eigenvalue weighted by atomic mass is 10.0. The standard InChI is InChI=1S/C17H19N3OS/c1-3-4-7-14(13-6-5-8-18-9-13)20-11-19-15-12(2)10-22-16(15)17(20)21/h5-6,8-11,14H,3-4,7H2,1-2H3/t14-/m0/s1. The van der Waals surface area contributed by atoms with Crippen LogP contribution in [0.3, 0.4) is 0 Å². The first-order valence-electron chi connectivity index (χ1n) is 7.57. The van der Waals surface area contributed by atoms with Gasteiger partial charge in [-0.05, 0) is 35.9 Å². The Morgan fingerprint density at radius 3 is 3.00 bits per heavy atom. The number of hydrogen-bond acceptors (Lipinski definition) is 4. The fourth-order valence-electron chi connectivity index (χ4n) is 2.70. The van der Waals surface area contributed by atoms with Crippen LogP contribution in [0.2, 0.25) is 0 Å². The van der Waals surface area contributed by atoms with Crippen LogP contribution in [0.1, 0.15) is 43.4 Å². The third-order valence-electron chi connectivity index (χ3n) is 3.92. The Kier molecular flexibility index (Phi) is 4.34. The second-order valence-corrected chi connectivity index (χ2v) is 6.38. The number of rotatable bonds is 5. The van der Waals surface area contributed by atoms with Gasteiger partial charge in [-0.25, -0.2) is 4.98 Å². The van der Waals surface area contributed by atoms with Crippen LogP contribution < -0.4 is 5.56 Å². The zero-order valence-corrected chi connectivity index (χ0v) is 13.6. The summed E-state index contributed by atoms with van der Waals surface area (Å²) in [4.78, 5) is 21.5. The predicted octanol–water partition coefficient (Wildman–Crippen LogP) is 3.94. The molecule has 3 aromatic heterocycles. The summed E-state index contributed by atoms with van der Waals surface area (Å²) >= 11 is 1.48. The summed E-state index contributed by atoms with van der Waals surface area (Å²) in [6.45, 7) is 4.15. The zero-order chi connectivity index (χ0) is 15.5. The van der Waals surface area contributed by atoms with Crippen LogP contribution in [-0.4, -0.2) is 14.5 Å². The Morgan fingerprint density at radius 2 is 2.27 bits per heavy atom. The van der Waals surface area contributed by atoms with E-state index in [4.69, 9.17) is 0 Å². The minimum Gasteiger partial charge on any atom is -0.290 e. The highest BCUT2D eigenvalue weighted by atomic mass is 32.1. The highest BCUT2D eigenvalue weighted by Gasteiger charge is 2.17. The Hall–Kier alpha value is -2.01. The van der Waals surface area contributed by atoms with E-state index in [9.17, 15) is 4.79 Å². The van der Waals surface area contributed by atoms with E-state index in [1.54, 1.807) is 17.1 Å². The van der Waals surface area contributed by atoms with E-state index in [-0.39, 0.29) is 11.6 Å². The van der Waals surface area contributed by atoms with Gasteiger partial charge in [0.1, 0.15) is 4.70 Å². The number of unbranched alkanes of at least 4 members (excludes halogenated alkanes) is 1. The molecule has 0 aromatic carbocycles. The topological polar surface area (TPSA) is 47.8 Å². The van der Waals surface area contributed by atoms with E-state index >= 15 is 0 Å². The summed E-state index contributed by atoms with van der Waals surface area (Å²) in [5.41, 5.74) is 3.00. The van der Waals surface area contributed by atoms with Crippen LogP contribution in [-0.2, 0) is 0 Å². The van der Waals surface area contributed by atoms with E-state index in [2.05, 4.69) is 16.9 Å². The molecular formula is C17H19N3OS. The molecule has 5 heteroatoms. The molecule has 0 radical (unpaired) electrons. The van der Waals surface area contributed by atoms with Crippen LogP contribution in [0, 0.1) is 6.92 Å². The van der Waals surface area contributed by atoms with E-state index in [1.165, 1.54) is 11.3 Å². The molecule has 3 heterocycles. The largest absolute Gasteiger partial charge is 0.290 e. The monoisotopic (exact) mass is 313 g/mol. The Balaban J connectivity index is 2.11. The van der Waals surface area contributed by atoms with Gasteiger partial charge in [0.05, 0.1) is 17.9 Å².